The fraction of sp³-hybridized carbons (Fsp3) is 0.444. The summed E-state index contributed by atoms with van der Waals surface area (Å²) in [5, 5.41) is 13.4. The number of nitrogens with zero attached hydrogens (tertiary/aromatic N) is 3. The predicted molar refractivity (Wildman–Crippen MR) is 61.3 cm³/mol. The van der Waals surface area contributed by atoms with E-state index in [0.717, 1.165) is 30.1 Å². The van der Waals surface area contributed by atoms with E-state index in [-0.39, 0.29) is 5.88 Å². The van der Waals surface area contributed by atoms with Gasteiger partial charge in [-0.3, -0.25) is 5.43 Å². The number of nitrogens with one attached hydrogen (secondary N) is 1. The van der Waals surface area contributed by atoms with Gasteiger partial charge in [-0.2, -0.15) is 16.9 Å². The summed E-state index contributed by atoms with van der Waals surface area (Å²) in [5.41, 5.74) is 3.98. The lowest BCUT2D eigenvalue weighted by Crippen LogP contribution is -2.10. The van der Waals surface area contributed by atoms with Crippen molar-refractivity contribution >= 4 is 23.3 Å². The van der Waals surface area contributed by atoms with Crippen LogP contribution >= 0.6 is 11.8 Å². The third kappa shape index (κ3) is 3.09. The standard InChI is InChI=1S/C9H12N4OS/c14-9-5-8(10-6-11-9)13-12-7-1-3-15-4-2-7/h5-6H,1-4H2,(H2,10,11,13,14). The van der Waals surface area contributed by atoms with Gasteiger partial charge in [0.15, 0.2) is 5.82 Å². The Kier molecular flexibility index (Phi) is 3.39. The minimum absolute atomic E-state index is 0.0492. The van der Waals surface area contributed by atoms with Crippen molar-refractivity contribution in [1.29, 1.82) is 0 Å². The molecular formula is C9H12N4OS. The molecule has 15 heavy (non-hydrogen) atoms. The van der Waals surface area contributed by atoms with E-state index in [9.17, 15) is 0 Å². The highest BCUT2D eigenvalue weighted by Gasteiger charge is 2.06. The Morgan fingerprint density at radius 1 is 1.33 bits per heavy atom. The number of hydrazone groups is 1. The molecule has 1 aromatic rings. The topological polar surface area (TPSA) is 70.4 Å². The van der Waals surface area contributed by atoms with E-state index in [1.54, 1.807) is 0 Å². The smallest absolute Gasteiger partial charge is 0.216 e. The molecule has 0 radical (unpaired) electrons. The Morgan fingerprint density at radius 2 is 2.13 bits per heavy atom. The van der Waals surface area contributed by atoms with Crippen molar-refractivity contribution in [2.24, 2.45) is 5.10 Å². The van der Waals surface area contributed by atoms with Gasteiger partial charge in [-0.1, -0.05) is 0 Å². The van der Waals surface area contributed by atoms with Crippen LogP contribution in [0.25, 0.3) is 0 Å². The average Bonchev–Trinajstić information content (AvgIpc) is 2.28. The SMILES string of the molecule is Oc1cc(NN=C2CCSCC2)ncn1. The molecule has 2 rings (SSSR count). The van der Waals surface area contributed by atoms with Crippen LogP contribution in [0, 0.1) is 0 Å². The van der Waals surface area contributed by atoms with E-state index in [1.165, 1.54) is 12.4 Å². The summed E-state index contributed by atoms with van der Waals surface area (Å²) in [6.07, 6.45) is 3.35. The van der Waals surface area contributed by atoms with Crippen molar-refractivity contribution in [3.8, 4) is 5.88 Å². The number of anilines is 1. The van der Waals surface area contributed by atoms with E-state index in [4.69, 9.17) is 5.11 Å². The van der Waals surface area contributed by atoms with Crippen LogP contribution < -0.4 is 5.43 Å². The maximum absolute atomic E-state index is 9.11. The number of hydrogen-bond acceptors (Lipinski definition) is 6. The van der Waals surface area contributed by atoms with Gasteiger partial charge >= 0.3 is 0 Å². The number of rotatable bonds is 2. The summed E-state index contributed by atoms with van der Waals surface area (Å²) in [6.45, 7) is 0. The molecule has 0 atom stereocenters. The zero-order chi connectivity index (χ0) is 10.5. The lowest BCUT2D eigenvalue weighted by molar-refractivity contribution is 0.452. The highest BCUT2D eigenvalue weighted by molar-refractivity contribution is 7.99. The van der Waals surface area contributed by atoms with E-state index >= 15 is 0 Å². The zero-order valence-electron chi connectivity index (χ0n) is 8.18. The molecular weight excluding hydrogens is 212 g/mol. The summed E-state index contributed by atoms with van der Waals surface area (Å²) in [5.74, 6) is 2.74. The fourth-order valence-electron chi connectivity index (χ4n) is 1.26. The van der Waals surface area contributed by atoms with Gasteiger partial charge in [-0.05, 0) is 24.3 Å². The van der Waals surface area contributed by atoms with Gasteiger partial charge in [0.25, 0.3) is 0 Å². The molecule has 0 aromatic carbocycles. The minimum atomic E-state index is -0.0492. The Hall–Kier alpha value is -1.30. The van der Waals surface area contributed by atoms with Crippen molar-refractivity contribution in [3.05, 3.63) is 12.4 Å². The van der Waals surface area contributed by atoms with Gasteiger partial charge in [0.1, 0.15) is 6.33 Å². The molecule has 1 saturated heterocycles. The van der Waals surface area contributed by atoms with Crippen LogP contribution in [0.5, 0.6) is 5.88 Å². The van der Waals surface area contributed by atoms with E-state index in [2.05, 4.69) is 20.5 Å². The molecule has 6 heteroatoms. The van der Waals surface area contributed by atoms with E-state index in [1.807, 2.05) is 11.8 Å². The van der Waals surface area contributed by atoms with E-state index in [0.29, 0.717) is 5.82 Å². The molecule has 0 unspecified atom stereocenters. The van der Waals surface area contributed by atoms with Gasteiger partial charge in [-0.25, -0.2) is 9.97 Å². The predicted octanol–water partition coefficient (Wildman–Crippen LogP) is 1.48. The lowest BCUT2D eigenvalue weighted by Gasteiger charge is -2.11. The second-order valence-electron chi connectivity index (χ2n) is 3.16. The van der Waals surface area contributed by atoms with Crippen molar-refractivity contribution in [1.82, 2.24) is 9.97 Å². The molecule has 1 fully saturated rings. The summed E-state index contributed by atoms with van der Waals surface area (Å²) >= 11 is 1.95. The van der Waals surface area contributed by atoms with Crippen molar-refractivity contribution < 1.29 is 5.11 Å². The average molecular weight is 224 g/mol. The van der Waals surface area contributed by atoms with Crippen LogP contribution in [-0.4, -0.2) is 32.3 Å². The normalized spacial score (nSPS) is 16.1. The zero-order valence-corrected chi connectivity index (χ0v) is 9.00. The Balaban J connectivity index is 1.96. The second-order valence-corrected chi connectivity index (χ2v) is 4.39. The molecule has 0 spiro atoms. The molecule has 0 saturated carbocycles. The molecule has 2 heterocycles. The van der Waals surface area contributed by atoms with Gasteiger partial charge in [0.2, 0.25) is 5.88 Å². The maximum atomic E-state index is 9.11. The largest absolute Gasteiger partial charge is 0.493 e. The molecule has 0 bridgehead atoms. The third-order valence-electron chi connectivity index (χ3n) is 2.05. The molecule has 0 amide bonds. The van der Waals surface area contributed by atoms with Crippen molar-refractivity contribution in [3.63, 3.8) is 0 Å². The Morgan fingerprint density at radius 3 is 2.87 bits per heavy atom. The fourth-order valence-corrected chi connectivity index (χ4v) is 2.23. The molecule has 5 nitrogen and oxygen atoms in total. The summed E-state index contributed by atoms with van der Waals surface area (Å²) in [6, 6.07) is 1.45. The maximum Gasteiger partial charge on any atom is 0.216 e. The Labute approximate surface area is 92.0 Å². The van der Waals surface area contributed by atoms with Gasteiger partial charge in [0.05, 0.1) is 0 Å². The molecule has 2 N–H and O–H groups in total. The number of thioether (sulfide) groups is 1. The van der Waals surface area contributed by atoms with Crippen molar-refractivity contribution in [2.75, 3.05) is 16.9 Å². The molecule has 1 aliphatic heterocycles. The number of hydrogen-bond donors (Lipinski definition) is 2. The van der Waals surface area contributed by atoms with Crippen molar-refractivity contribution in [2.45, 2.75) is 12.8 Å². The van der Waals surface area contributed by atoms with Gasteiger partial charge < -0.3 is 5.11 Å². The highest BCUT2D eigenvalue weighted by Crippen LogP contribution is 2.15. The number of aromatic hydroxyl groups is 1. The third-order valence-corrected chi connectivity index (χ3v) is 3.04. The first-order valence-corrected chi connectivity index (χ1v) is 5.90. The first-order chi connectivity index (χ1) is 7.34. The first-order valence-electron chi connectivity index (χ1n) is 4.75. The van der Waals surface area contributed by atoms with Crippen LogP contribution in [0.3, 0.4) is 0 Å². The first kappa shape index (κ1) is 10.2. The summed E-state index contributed by atoms with van der Waals surface area (Å²) in [7, 11) is 0. The number of aromatic nitrogens is 2. The Bertz CT molecular complexity index is 361. The van der Waals surface area contributed by atoms with Crippen LogP contribution in [0.2, 0.25) is 0 Å². The monoisotopic (exact) mass is 224 g/mol. The van der Waals surface area contributed by atoms with Gasteiger partial charge in [0, 0.05) is 11.8 Å². The second kappa shape index (κ2) is 4.97. The molecule has 1 aromatic heterocycles. The van der Waals surface area contributed by atoms with Crippen LogP contribution in [0.4, 0.5) is 5.82 Å². The summed E-state index contributed by atoms with van der Waals surface area (Å²) < 4.78 is 0. The van der Waals surface area contributed by atoms with Crippen LogP contribution in [0.15, 0.2) is 17.5 Å². The van der Waals surface area contributed by atoms with Crippen LogP contribution in [0.1, 0.15) is 12.8 Å². The van der Waals surface area contributed by atoms with Crippen LogP contribution in [-0.2, 0) is 0 Å². The molecule has 80 valence electrons. The highest BCUT2D eigenvalue weighted by atomic mass is 32.2. The summed E-state index contributed by atoms with van der Waals surface area (Å²) in [4.78, 5) is 7.52. The minimum Gasteiger partial charge on any atom is -0.493 e. The van der Waals surface area contributed by atoms with E-state index < -0.39 is 0 Å². The van der Waals surface area contributed by atoms with Gasteiger partial charge in [-0.15, -0.1) is 0 Å². The molecule has 0 aliphatic carbocycles. The quantitative estimate of drug-likeness (QED) is 0.744. The molecule has 1 aliphatic rings. The lowest BCUT2D eigenvalue weighted by atomic mass is 10.2.